The second-order valence-corrected chi connectivity index (χ2v) is 6.27. The monoisotopic (exact) mass is 363 g/mol. The normalized spacial score (nSPS) is 13.8. The van der Waals surface area contributed by atoms with Gasteiger partial charge in [0.2, 0.25) is 0 Å². The number of nitriles is 1. The lowest BCUT2D eigenvalue weighted by molar-refractivity contribution is 0.101. The molecule has 0 aliphatic heterocycles. The molecule has 21 heavy (non-hydrogen) atoms. The molecule has 0 spiro atoms. The summed E-state index contributed by atoms with van der Waals surface area (Å²) >= 11 is 9.46. The fourth-order valence-corrected chi connectivity index (χ4v) is 2.76. The Labute approximate surface area is 135 Å². The molecule has 0 bridgehead atoms. The number of nitrogens with one attached hydrogen (secondary N) is 1. The van der Waals surface area contributed by atoms with Crippen LogP contribution >= 0.6 is 27.5 Å². The Balaban J connectivity index is 1.88. The molecular formula is C15H11BrClN3O. The van der Waals surface area contributed by atoms with Crippen molar-refractivity contribution in [3.05, 3.63) is 51.2 Å². The number of anilines is 1. The molecule has 1 N–H and O–H groups in total. The molecule has 1 aromatic heterocycles. The third kappa shape index (κ3) is 2.97. The summed E-state index contributed by atoms with van der Waals surface area (Å²) in [5.74, 6) is -0.232. The molecule has 1 fully saturated rings. The van der Waals surface area contributed by atoms with Gasteiger partial charge in [-0.2, -0.15) is 5.26 Å². The lowest BCUT2D eigenvalue weighted by Gasteiger charge is -2.10. The molecule has 6 heteroatoms. The zero-order valence-corrected chi connectivity index (χ0v) is 13.3. The third-order valence-corrected chi connectivity index (χ3v) is 4.10. The molecule has 1 heterocycles. The second kappa shape index (κ2) is 5.55. The van der Waals surface area contributed by atoms with E-state index in [1.165, 1.54) is 0 Å². The predicted octanol–water partition coefficient (Wildman–Crippen LogP) is 4.36. The van der Waals surface area contributed by atoms with E-state index in [0.717, 1.165) is 17.3 Å². The van der Waals surface area contributed by atoms with Crippen molar-refractivity contribution in [2.24, 2.45) is 0 Å². The molecular weight excluding hydrogens is 354 g/mol. The molecule has 106 valence electrons. The van der Waals surface area contributed by atoms with Crippen LogP contribution in [0.25, 0.3) is 0 Å². The average Bonchev–Trinajstić information content (AvgIpc) is 3.23. The number of rotatable bonds is 3. The van der Waals surface area contributed by atoms with E-state index in [1.54, 1.807) is 24.3 Å². The van der Waals surface area contributed by atoms with Crippen molar-refractivity contribution in [2.75, 3.05) is 5.32 Å². The number of hydrogen-bond acceptors (Lipinski definition) is 2. The minimum absolute atomic E-state index is 0.232. The Morgan fingerprint density at radius 3 is 2.86 bits per heavy atom. The van der Waals surface area contributed by atoms with E-state index in [9.17, 15) is 4.79 Å². The molecule has 1 amide bonds. The first-order chi connectivity index (χ1) is 10.1. The fourth-order valence-electron chi connectivity index (χ4n) is 2.16. The van der Waals surface area contributed by atoms with E-state index in [1.807, 2.05) is 16.8 Å². The molecule has 0 unspecified atom stereocenters. The summed E-state index contributed by atoms with van der Waals surface area (Å²) in [4.78, 5) is 12.4. The Morgan fingerprint density at radius 1 is 1.43 bits per heavy atom. The van der Waals surface area contributed by atoms with Gasteiger partial charge in [0, 0.05) is 16.7 Å². The van der Waals surface area contributed by atoms with Gasteiger partial charge in [0.25, 0.3) is 5.91 Å². The molecule has 1 aliphatic rings. The summed E-state index contributed by atoms with van der Waals surface area (Å²) in [7, 11) is 0. The Kier molecular flexibility index (Phi) is 3.75. The van der Waals surface area contributed by atoms with Gasteiger partial charge < -0.3 is 9.88 Å². The van der Waals surface area contributed by atoms with Gasteiger partial charge in [-0.25, -0.2) is 0 Å². The number of carbonyl (C=O) groups is 1. The van der Waals surface area contributed by atoms with Crippen LogP contribution in [0, 0.1) is 11.3 Å². The molecule has 1 saturated carbocycles. The van der Waals surface area contributed by atoms with Gasteiger partial charge in [-0.05, 0) is 53.0 Å². The van der Waals surface area contributed by atoms with Crippen molar-refractivity contribution >= 4 is 39.1 Å². The Hall–Kier alpha value is -1.77. The summed E-state index contributed by atoms with van der Waals surface area (Å²) in [6.45, 7) is 0. The Bertz CT molecular complexity index is 759. The van der Waals surface area contributed by atoms with E-state index in [4.69, 9.17) is 16.9 Å². The quantitative estimate of drug-likeness (QED) is 0.879. The van der Waals surface area contributed by atoms with Crippen molar-refractivity contribution in [3.8, 4) is 6.07 Å². The maximum absolute atomic E-state index is 12.4. The van der Waals surface area contributed by atoms with Crippen LogP contribution in [0.1, 0.15) is 34.9 Å². The maximum Gasteiger partial charge on any atom is 0.272 e. The van der Waals surface area contributed by atoms with E-state index < -0.39 is 0 Å². The molecule has 1 aromatic carbocycles. The van der Waals surface area contributed by atoms with Crippen molar-refractivity contribution in [2.45, 2.75) is 18.9 Å². The summed E-state index contributed by atoms with van der Waals surface area (Å²) in [5.41, 5.74) is 1.48. The number of benzene rings is 1. The smallest absolute Gasteiger partial charge is 0.272 e. The van der Waals surface area contributed by atoms with Crippen LogP contribution in [0.15, 0.2) is 34.9 Å². The van der Waals surface area contributed by atoms with Gasteiger partial charge in [-0.1, -0.05) is 11.6 Å². The van der Waals surface area contributed by atoms with Gasteiger partial charge in [0.05, 0.1) is 22.3 Å². The molecule has 3 rings (SSSR count). The number of hydrogen-bond donors (Lipinski definition) is 1. The number of amides is 1. The highest BCUT2D eigenvalue weighted by Crippen LogP contribution is 2.37. The van der Waals surface area contributed by atoms with Gasteiger partial charge in [-0.3, -0.25) is 4.79 Å². The van der Waals surface area contributed by atoms with Crippen molar-refractivity contribution in [1.29, 1.82) is 5.26 Å². The maximum atomic E-state index is 12.4. The van der Waals surface area contributed by atoms with E-state index in [-0.39, 0.29) is 5.91 Å². The van der Waals surface area contributed by atoms with Crippen LogP contribution in [-0.4, -0.2) is 10.5 Å². The predicted molar refractivity (Wildman–Crippen MR) is 84.5 cm³/mol. The highest BCUT2D eigenvalue weighted by atomic mass is 79.9. The highest BCUT2D eigenvalue weighted by Gasteiger charge is 2.28. The molecule has 0 radical (unpaired) electrons. The molecule has 4 nitrogen and oxygen atoms in total. The molecule has 0 atom stereocenters. The van der Waals surface area contributed by atoms with E-state index >= 15 is 0 Å². The van der Waals surface area contributed by atoms with Crippen molar-refractivity contribution in [3.63, 3.8) is 0 Å². The summed E-state index contributed by atoms with van der Waals surface area (Å²) in [6.07, 6.45) is 4.10. The van der Waals surface area contributed by atoms with Crippen LogP contribution in [0.2, 0.25) is 5.02 Å². The number of halogens is 2. The first kappa shape index (κ1) is 14.2. The van der Waals surface area contributed by atoms with E-state index in [0.29, 0.717) is 28.0 Å². The van der Waals surface area contributed by atoms with Gasteiger partial charge in [0.1, 0.15) is 5.69 Å². The first-order valence-corrected chi connectivity index (χ1v) is 7.64. The second-order valence-electron chi connectivity index (χ2n) is 4.94. The van der Waals surface area contributed by atoms with Gasteiger partial charge in [0.15, 0.2) is 0 Å². The zero-order chi connectivity index (χ0) is 15.0. The fraction of sp³-hybridized carbons (Fsp3) is 0.200. The number of carbonyl (C=O) groups excluding carboxylic acids is 1. The van der Waals surface area contributed by atoms with Crippen LogP contribution in [0.5, 0.6) is 0 Å². The number of nitrogens with zero attached hydrogens (tertiary/aromatic N) is 2. The van der Waals surface area contributed by atoms with Crippen LogP contribution in [0.4, 0.5) is 5.69 Å². The SMILES string of the molecule is N#Cc1ccc(Cl)c(NC(=O)c2cc(Br)cn2C2CC2)c1. The molecule has 1 aliphatic carbocycles. The van der Waals surface area contributed by atoms with Crippen molar-refractivity contribution in [1.82, 2.24) is 4.57 Å². The standard InChI is InChI=1S/C15H11BrClN3O/c16-10-6-14(20(8-10)11-2-3-11)15(21)19-13-5-9(7-18)1-4-12(13)17/h1,4-6,8,11H,2-3H2,(H,19,21). The van der Waals surface area contributed by atoms with Gasteiger partial charge >= 0.3 is 0 Å². The van der Waals surface area contributed by atoms with Crippen LogP contribution < -0.4 is 5.32 Å². The Morgan fingerprint density at radius 2 is 2.19 bits per heavy atom. The number of aromatic nitrogens is 1. The average molecular weight is 365 g/mol. The third-order valence-electron chi connectivity index (χ3n) is 3.33. The molecule has 0 saturated heterocycles. The first-order valence-electron chi connectivity index (χ1n) is 6.47. The van der Waals surface area contributed by atoms with Crippen LogP contribution in [0.3, 0.4) is 0 Å². The summed E-state index contributed by atoms with van der Waals surface area (Å²) in [5, 5.41) is 12.1. The van der Waals surface area contributed by atoms with Crippen LogP contribution in [-0.2, 0) is 0 Å². The van der Waals surface area contributed by atoms with Crippen molar-refractivity contribution < 1.29 is 4.79 Å². The zero-order valence-electron chi connectivity index (χ0n) is 10.9. The summed E-state index contributed by atoms with van der Waals surface area (Å²) in [6, 6.07) is 9.00. The lowest BCUT2D eigenvalue weighted by atomic mass is 10.2. The lowest BCUT2D eigenvalue weighted by Crippen LogP contribution is -2.16. The minimum atomic E-state index is -0.232. The van der Waals surface area contributed by atoms with Gasteiger partial charge in [-0.15, -0.1) is 0 Å². The minimum Gasteiger partial charge on any atom is -0.339 e. The largest absolute Gasteiger partial charge is 0.339 e. The summed E-state index contributed by atoms with van der Waals surface area (Å²) < 4.78 is 2.85. The molecule has 2 aromatic rings. The van der Waals surface area contributed by atoms with E-state index in [2.05, 4.69) is 21.2 Å². The topological polar surface area (TPSA) is 57.8 Å². The highest BCUT2D eigenvalue weighted by molar-refractivity contribution is 9.10.